The minimum atomic E-state index is 0.280. The minimum absolute atomic E-state index is 0.280. The van der Waals surface area contributed by atoms with Gasteiger partial charge in [-0.25, -0.2) is 0 Å². The number of alkyl halides is 3. The fourth-order valence-corrected chi connectivity index (χ4v) is 2.38. The summed E-state index contributed by atoms with van der Waals surface area (Å²) in [6.07, 6.45) is 2.13. The molecule has 0 aromatic carbocycles. The van der Waals surface area contributed by atoms with Crippen molar-refractivity contribution in [3.05, 3.63) is 0 Å². The van der Waals surface area contributed by atoms with E-state index in [2.05, 4.69) is 38.8 Å². The Kier molecular flexibility index (Phi) is 6.82. The molecule has 0 aliphatic heterocycles. The molecule has 0 heterocycles. The highest BCUT2D eigenvalue weighted by Gasteiger charge is 2.12. The molecule has 0 aromatic heterocycles. The first-order valence-electron chi connectivity index (χ1n) is 3.06. The molecule has 9 heavy (non-hydrogen) atoms. The van der Waals surface area contributed by atoms with Crippen LogP contribution >= 0.6 is 43.5 Å². The molecule has 0 amide bonds. The summed E-state index contributed by atoms with van der Waals surface area (Å²) in [4.78, 5) is 0.462. The van der Waals surface area contributed by atoms with E-state index in [1.165, 1.54) is 0 Å². The largest absolute Gasteiger partial charge is 0.122 e. The Bertz CT molecular complexity index is 68.1. The van der Waals surface area contributed by atoms with Gasteiger partial charge in [0.2, 0.25) is 0 Å². The monoisotopic (exact) mass is 276 g/mol. The molecule has 0 saturated heterocycles. The molecule has 0 aliphatic carbocycles. The van der Waals surface area contributed by atoms with Gasteiger partial charge in [-0.2, -0.15) is 0 Å². The predicted molar refractivity (Wildman–Crippen MR) is 51.1 cm³/mol. The van der Waals surface area contributed by atoms with Crippen molar-refractivity contribution in [2.45, 2.75) is 30.0 Å². The van der Waals surface area contributed by atoms with Crippen molar-refractivity contribution in [3.8, 4) is 0 Å². The maximum absolute atomic E-state index is 5.93. The number of hydrogen-bond acceptors (Lipinski definition) is 0. The maximum Gasteiger partial charge on any atom is 0.0458 e. The van der Waals surface area contributed by atoms with Crippen LogP contribution in [0.1, 0.15) is 19.8 Å². The van der Waals surface area contributed by atoms with Crippen molar-refractivity contribution in [2.24, 2.45) is 0 Å². The van der Waals surface area contributed by atoms with Crippen molar-refractivity contribution in [3.63, 3.8) is 0 Å². The molecular formula is C6H11Br2Cl. The third-order valence-corrected chi connectivity index (χ3v) is 3.64. The van der Waals surface area contributed by atoms with Crippen LogP contribution in [-0.2, 0) is 0 Å². The fraction of sp³-hybridized carbons (Fsp3) is 1.00. The highest BCUT2D eigenvalue weighted by Crippen LogP contribution is 2.19. The summed E-state index contributed by atoms with van der Waals surface area (Å²) in [5.74, 6) is 0. The second-order valence-electron chi connectivity index (χ2n) is 1.92. The first-order chi connectivity index (χ1) is 4.22. The molecule has 0 nitrogen and oxygen atoms in total. The first-order valence-corrected chi connectivity index (χ1v) is 5.53. The van der Waals surface area contributed by atoms with Gasteiger partial charge >= 0.3 is 0 Å². The summed E-state index contributed by atoms with van der Waals surface area (Å²) in [5, 5.41) is 1.30. The number of rotatable bonds is 4. The molecule has 56 valence electrons. The molecule has 0 aliphatic rings. The van der Waals surface area contributed by atoms with Gasteiger partial charge in [-0.3, -0.25) is 0 Å². The van der Waals surface area contributed by atoms with Gasteiger partial charge in [0.15, 0.2) is 0 Å². The SMILES string of the molecule is CCC(Cl)C(Br)CCBr. The van der Waals surface area contributed by atoms with Crippen LogP contribution in [0.5, 0.6) is 0 Å². The van der Waals surface area contributed by atoms with Gasteiger partial charge in [-0.1, -0.05) is 38.8 Å². The highest BCUT2D eigenvalue weighted by molar-refractivity contribution is 9.10. The standard InChI is InChI=1S/C6H11Br2Cl/c1-2-6(9)5(8)3-4-7/h5-6H,2-4H2,1H3. The lowest BCUT2D eigenvalue weighted by Gasteiger charge is -2.11. The number of halogens is 3. The van der Waals surface area contributed by atoms with Crippen LogP contribution in [0.2, 0.25) is 0 Å². The molecule has 0 spiro atoms. The molecule has 3 heteroatoms. The highest BCUT2D eigenvalue weighted by atomic mass is 79.9. The van der Waals surface area contributed by atoms with Gasteiger partial charge in [0.05, 0.1) is 0 Å². The molecule has 2 atom stereocenters. The molecule has 0 bridgehead atoms. The van der Waals surface area contributed by atoms with Gasteiger partial charge in [0, 0.05) is 15.5 Å². The van der Waals surface area contributed by atoms with Crippen LogP contribution in [-0.4, -0.2) is 15.5 Å². The normalized spacial score (nSPS) is 17.3. The van der Waals surface area contributed by atoms with Gasteiger partial charge < -0.3 is 0 Å². The Balaban J connectivity index is 3.32. The Labute approximate surface area is 78.6 Å². The lowest BCUT2D eigenvalue weighted by Crippen LogP contribution is -2.13. The molecule has 0 rings (SSSR count). The van der Waals surface area contributed by atoms with E-state index < -0.39 is 0 Å². The predicted octanol–water partition coefficient (Wildman–Crippen LogP) is 3.55. The third kappa shape index (κ3) is 4.63. The summed E-state index contributed by atoms with van der Waals surface area (Å²) in [6.45, 7) is 2.10. The van der Waals surface area contributed by atoms with E-state index in [9.17, 15) is 0 Å². The Morgan fingerprint density at radius 2 is 2.11 bits per heavy atom. The van der Waals surface area contributed by atoms with E-state index in [4.69, 9.17) is 11.6 Å². The van der Waals surface area contributed by atoms with Gasteiger partial charge in [-0.15, -0.1) is 11.6 Å². The second-order valence-corrected chi connectivity index (χ2v) is 4.45. The molecule has 0 saturated carbocycles. The van der Waals surface area contributed by atoms with E-state index >= 15 is 0 Å². The molecule has 0 aromatic rings. The van der Waals surface area contributed by atoms with E-state index in [1.54, 1.807) is 0 Å². The zero-order chi connectivity index (χ0) is 7.28. The van der Waals surface area contributed by atoms with Gasteiger partial charge in [0.25, 0.3) is 0 Å². The zero-order valence-electron chi connectivity index (χ0n) is 5.41. The summed E-state index contributed by atoms with van der Waals surface area (Å²) in [7, 11) is 0. The molecule has 0 fully saturated rings. The summed E-state index contributed by atoms with van der Waals surface area (Å²) in [6, 6.07) is 0. The van der Waals surface area contributed by atoms with Crippen LogP contribution in [0.4, 0.5) is 0 Å². The van der Waals surface area contributed by atoms with Gasteiger partial charge in [0.1, 0.15) is 0 Å². The molecule has 0 N–H and O–H groups in total. The second kappa shape index (κ2) is 5.99. The number of hydrogen-bond donors (Lipinski definition) is 0. The maximum atomic E-state index is 5.93. The fourth-order valence-electron chi connectivity index (χ4n) is 0.541. The summed E-state index contributed by atoms with van der Waals surface area (Å²) in [5.41, 5.74) is 0. The van der Waals surface area contributed by atoms with E-state index in [0.29, 0.717) is 4.83 Å². The zero-order valence-corrected chi connectivity index (χ0v) is 9.34. The van der Waals surface area contributed by atoms with Crippen molar-refractivity contribution < 1.29 is 0 Å². The topological polar surface area (TPSA) is 0 Å². The van der Waals surface area contributed by atoms with Crippen molar-refractivity contribution in [2.75, 3.05) is 5.33 Å². The lowest BCUT2D eigenvalue weighted by molar-refractivity contribution is 0.745. The van der Waals surface area contributed by atoms with E-state index in [1.807, 2.05) is 0 Å². The molecular weight excluding hydrogens is 267 g/mol. The quantitative estimate of drug-likeness (QED) is 0.690. The van der Waals surface area contributed by atoms with Crippen LogP contribution in [0.15, 0.2) is 0 Å². The van der Waals surface area contributed by atoms with E-state index in [0.717, 1.165) is 18.2 Å². The smallest absolute Gasteiger partial charge is 0.0458 e. The average molecular weight is 278 g/mol. The summed E-state index contributed by atoms with van der Waals surface area (Å²) >= 11 is 12.8. The van der Waals surface area contributed by atoms with Crippen molar-refractivity contribution >= 4 is 43.5 Å². The van der Waals surface area contributed by atoms with E-state index in [-0.39, 0.29) is 5.38 Å². The molecule has 0 radical (unpaired) electrons. The summed E-state index contributed by atoms with van der Waals surface area (Å²) < 4.78 is 0. The molecule has 2 unspecified atom stereocenters. The van der Waals surface area contributed by atoms with Crippen molar-refractivity contribution in [1.82, 2.24) is 0 Å². The van der Waals surface area contributed by atoms with Crippen LogP contribution in [0.25, 0.3) is 0 Å². The average Bonchev–Trinajstić information content (AvgIpc) is 1.87. The minimum Gasteiger partial charge on any atom is -0.122 e. The van der Waals surface area contributed by atoms with Gasteiger partial charge in [-0.05, 0) is 12.8 Å². The Morgan fingerprint density at radius 3 is 2.44 bits per heavy atom. The first kappa shape index (κ1) is 10.2. The van der Waals surface area contributed by atoms with Crippen LogP contribution in [0, 0.1) is 0 Å². The Hall–Kier alpha value is 1.25. The Morgan fingerprint density at radius 1 is 1.56 bits per heavy atom. The van der Waals surface area contributed by atoms with Crippen LogP contribution in [0.3, 0.4) is 0 Å². The van der Waals surface area contributed by atoms with Crippen LogP contribution < -0.4 is 0 Å². The lowest BCUT2D eigenvalue weighted by atomic mass is 10.2. The third-order valence-electron chi connectivity index (χ3n) is 1.17. The van der Waals surface area contributed by atoms with Crippen molar-refractivity contribution in [1.29, 1.82) is 0 Å².